The molecule has 5 nitrogen and oxygen atoms in total. The van der Waals surface area contributed by atoms with Gasteiger partial charge in [0, 0.05) is 16.7 Å². The lowest BCUT2D eigenvalue weighted by molar-refractivity contribution is -0.148. The Morgan fingerprint density at radius 1 is 1.23 bits per heavy atom. The van der Waals surface area contributed by atoms with E-state index in [-0.39, 0.29) is 24.5 Å². The Kier molecular flexibility index (Phi) is 6.07. The minimum absolute atomic E-state index is 0.275. The van der Waals surface area contributed by atoms with Crippen molar-refractivity contribution in [2.24, 2.45) is 0 Å². The molecule has 3 rings (SSSR count). The van der Waals surface area contributed by atoms with Crippen LogP contribution in [0.4, 0.5) is 0 Å². The van der Waals surface area contributed by atoms with Crippen LogP contribution in [0.1, 0.15) is 36.4 Å². The van der Waals surface area contributed by atoms with Gasteiger partial charge in [0.25, 0.3) is 5.91 Å². The summed E-state index contributed by atoms with van der Waals surface area (Å²) in [5.74, 6) is -0.0283. The highest BCUT2D eigenvalue weighted by Crippen LogP contribution is 2.23. The molecule has 0 radical (unpaired) electrons. The lowest BCUT2D eigenvalue weighted by Gasteiger charge is -2.11. The number of ether oxygens (including phenoxy) is 1. The molecule has 1 N–H and O–H groups in total. The molecule has 1 atom stereocenters. The van der Waals surface area contributed by atoms with E-state index in [0.717, 1.165) is 23.8 Å². The fraction of sp³-hybridized carbons (Fsp3) is 0.300. The number of thiophene rings is 1. The summed E-state index contributed by atoms with van der Waals surface area (Å²) in [5, 5.41) is 5.78. The number of rotatable bonds is 8. The van der Waals surface area contributed by atoms with Gasteiger partial charge in [0.15, 0.2) is 6.61 Å². The summed E-state index contributed by atoms with van der Waals surface area (Å²) in [6.45, 7) is 1.56. The van der Waals surface area contributed by atoms with Crippen LogP contribution in [0.2, 0.25) is 0 Å². The summed E-state index contributed by atoms with van der Waals surface area (Å²) >= 11 is 1.67. The molecule has 0 aliphatic heterocycles. The van der Waals surface area contributed by atoms with E-state index in [4.69, 9.17) is 9.15 Å². The van der Waals surface area contributed by atoms with Gasteiger partial charge in [0.1, 0.15) is 11.3 Å². The van der Waals surface area contributed by atoms with Gasteiger partial charge < -0.3 is 14.5 Å². The molecule has 6 heteroatoms. The van der Waals surface area contributed by atoms with Crippen molar-refractivity contribution < 1.29 is 18.7 Å². The minimum atomic E-state index is -0.354. The Morgan fingerprint density at radius 2 is 2.08 bits per heavy atom. The normalized spacial score (nSPS) is 12.0. The average molecular weight is 371 g/mol. The van der Waals surface area contributed by atoms with Gasteiger partial charge in [-0.1, -0.05) is 24.3 Å². The molecule has 0 fully saturated rings. The summed E-state index contributed by atoms with van der Waals surface area (Å²) in [6.07, 6.45) is 1.88. The molecule has 26 heavy (non-hydrogen) atoms. The van der Waals surface area contributed by atoms with Crippen LogP contribution in [-0.4, -0.2) is 18.5 Å². The van der Waals surface area contributed by atoms with E-state index < -0.39 is 0 Å². The topological polar surface area (TPSA) is 68.5 Å². The van der Waals surface area contributed by atoms with E-state index in [1.165, 1.54) is 4.88 Å². The highest BCUT2D eigenvalue weighted by Gasteiger charge is 2.15. The predicted molar refractivity (Wildman–Crippen MR) is 101 cm³/mol. The van der Waals surface area contributed by atoms with Crippen molar-refractivity contribution in [3.05, 3.63) is 58.5 Å². The number of para-hydroxylation sites is 1. The molecular weight excluding hydrogens is 350 g/mol. The van der Waals surface area contributed by atoms with Crippen molar-refractivity contribution in [2.45, 2.75) is 32.2 Å². The number of nitrogens with one attached hydrogen (secondary N) is 1. The molecule has 136 valence electrons. The van der Waals surface area contributed by atoms with Gasteiger partial charge >= 0.3 is 5.97 Å². The van der Waals surface area contributed by atoms with Crippen LogP contribution in [0.5, 0.6) is 0 Å². The largest absolute Gasteiger partial charge is 0.459 e. The summed E-state index contributed by atoms with van der Waals surface area (Å²) < 4.78 is 10.8. The van der Waals surface area contributed by atoms with E-state index in [1.807, 2.05) is 54.8 Å². The second kappa shape index (κ2) is 8.67. The SMILES string of the molecule is C[C@H](NC(=O)COC(=O)CCCc1cccs1)c1cc2ccccc2o1. The van der Waals surface area contributed by atoms with E-state index >= 15 is 0 Å². The number of carbonyl (C=O) groups is 2. The highest BCUT2D eigenvalue weighted by molar-refractivity contribution is 7.09. The molecule has 0 aliphatic rings. The zero-order chi connectivity index (χ0) is 18.4. The van der Waals surface area contributed by atoms with Gasteiger partial charge in [-0.25, -0.2) is 0 Å². The maximum absolute atomic E-state index is 12.0. The third kappa shape index (κ3) is 4.95. The van der Waals surface area contributed by atoms with E-state index in [9.17, 15) is 9.59 Å². The Balaban J connectivity index is 1.39. The van der Waals surface area contributed by atoms with Gasteiger partial charge in [0.05, 0.1) is 6.04 Å². The first-order valence-corrected chi connectivity index (χ1v) is 9.45. The lowest BCUT2D eigenvalue weighted by Crippen LogP contribution is -2.30. The van der Waals surface area contributed by atoms with Gasteiger partial charge in [-0.2, -0.15) is 0 Å². The number of benzene rings is 1. The summed E-state index contributed by atoms with van der Waals surface area (Å²) in [6, 6.07) is 13.3. The van der Waals surface area contributed by atoms with Crippen LogP contribution in [-0.2, 0) is 20.7 Å². The molecule has 2 aromatic heterocycles. The number of carbonyl (C=O) groups excluding carboxylic acids is 2. The molecule has 0 saturated heterocycles. The first-order chi connectivity index (χ1) is 12.6. The highest BCUT2D eigenvalue weighted by atomic mass is 32.1. The average Bonchev–Trinajstić information content (AvgIpc) is 3.29. The standard InChI is InChI=1S/C20H21NO4S/c1-14(18-12-15-6-2-3-9-17(15)25-18)21-19(22)13-24-20(23)10-4-7-16-8-5-11-26-16/h2-3,5-6,8-9,11-12,14H,4,7,10,13H2,1H3,(H,21,22)/t14-/m0/s1. The number of aryl methyl sites for hydroxylation is 1. The van der Waals surface area contributed by atoms with E-state index in [1.54, 1.807) is 11.3 Å². The van der Waals surface area contributed by atoms with Crippen LogP contribution in [0.25, 0.3) is 11.0 Å². The van der Waals surface area contributed by atoms with Crippen molar-refractivity contribution in [3.8, 4) is 0 Å². The second-order valence-electron chi connectivity index (χ2n) is 6.07. The summed E-state index contributed by atoms with van der Waals surface area (Å²) in [5.41, 5.74) is 0.778. The third-order valence-electron chi connectivity index (χ3n) is 4.00. The quantitative estimate of drug-likeness (QED) is 0.602. The number of hydrogen-bond acceptors (Lipinski definition) is 5. The number of furan rings is 1. The molecule has 1 aromatic carbocycles. The summed E-state index contributed by atoms with van der Waals surface area (Å²) in [7, 11) is 0. The molecule has 3 aromatic rings. The molecular formula is C20H21NO4S. The Bertz CT molecular complexity index is 836. The number of amides is 1. The number of esters is 1. The number of fused-ring (bicyclic) bond motifs is 1. The smallest absolute Gasteiger partial charge is 0.306 e. The monoisotopic (exact) mass is 371 g/mol. The molecule has 0 bridgehead atoms. The fourth-order valence-corrected chi connectivity index (χ4v) is 3.40. The maximum Gasteiger partial charge on any atom is 0.306 e. The maximum atomic E-state index is 12.0. The van der Waals surface area contributed by atoms with Gasteiger partial charge in [0.2, 0.25) is 0 Å². The molecule has 0 saturated carbocycles. The molecule has 1 amide bonds. The van der Waals surface area contributed by atoms with Gasteiger partial charge in [-0.05, 0) is 43.3 Å². The van der Waals surface area contributed by atoms with Crippen LogP contribution in [0.15, 0.2) is 52.3 Å². The minimum Gasteiger partial charge on any atom is -0.459 e. The van der Waals surface area contributed by atoms with Crippen molar-refractivity contribution in [1.29, 1.82) is 0 Å². The predicted octanol–water partition coefficient (Wildman–Crippen LogP) is 4.24. The third-order valence-corrected chi connectivity index (χ3v) is 4.93. The molecule has 0 spiro atoms. The van der Waals surface area contributed by atoms with Crippen molar-refractivity contribution >= 4 is 34.2 Å². The van der Waals surface area contributed by atoms with Gasteiger partial charge in [-0.3, -0.25) is 9.59 Å². The first kappa shape index (κ1) is 18.2. The van der Waals surface area contributed by atoms with Crippen LogP contribution in [0, 0.1) is 0 Å². The number of hydrogen-bond donors (Lipinski definition) is 1. The molecule has 0 aliphatic carbocycles. The van der Waals surface area contributed by atoms with Crippen LogP contribution < -0.4 is 5.32 Å². The lowest BCUT2D eigenvalue weighted by atomic mass is 10.2. The van der Waals surface area contributed by atoms with E-state index in [0.29, 0.717) is 12.2 Å². The van der Waals surface area contributed by atoms with Gasteiger partial charge in [-0.15, -0.1) is 11.3 Å². The van der Waals surface area contributed by atoms with Crippen LogP contribution in [0.3, 0.4) is 0 Å². The zero-order valence-corrected chi connectivity index (χ0v) is 15.4. The first-order valence-electron chi connectivity index (χ1n) is 8.57. The zero-order valence-electron chi connectivity index (χ0n) is 14.6. The molecule has 2 heterocycles. The van der Waals surface area contributed by atoms with Crippen molar-refractivity contribution in [3.63, 3.8) is 0 Å². The Hall–Kier alpha value is -2.60. The van der Waals surface area contributed by atoms with Crippen molar-refractivity contribution in [1.82, 2.24) is 5.32 Å². The Labute approximate surface area is 156 Å². The summed E-state index contributed by atoms with van der Waals surface area (Å²) in [4.78, 5) is 25.0. The van der Waals surface area contributed by atoms with Crippen molar-refractivity contribution in [2.75, 3.05) is 6.61 Å². The van der Waals surface area contributed by atoms with Crippen LogP contribution >= 0.6 is 11.3 Å². The fourth-order valence-electron chi connectivity index (χ4n) is 2.65. The van der Waals surface area contributed by atoms with E-state index in [2.05, 4.69) is 5.32 Å². The second-order valence-corrected chi connectivity index (χ2v) is 7.10. The Morgan fingerprint density at radius 3 is 2.85 bits per heavy atom. The molecule has 0 unspecified atom stereocenters.